The third-order valence-corrected chi connectivity index (χ3v) is 3.35. The summed E-state index contributed by atoms with van der Waals surface area (Å²) < 4.78 is 11.5. The van der Waals surface area contributed by atoms with Crippen LogP contribution in [-0.2, 0) is 4.74 Å². The number of ether oxygens (including phenoxy) is 2. The number of nitrogens with two attached hydrogens (primary N) is 1. The highest BCUT2D eigenvalue weighted by atomic mass is 16.5. The van der Waals surface area contributed by atoms with Crippen LogP contribution in [0.25, 0.3) is 0 Å². The molecule has 0 aromatic carbocycles. The Hall–Kier alpha value is -1.82. The van der Waals surface area contributed by atoms with Gasteiger partial charge in [0, 0.05) is 18.4 Å². The van der Waals surface area contributed by atoms with Crippen molar-refractivity contribution in [2.75, 3.05) is 13.2 Å². The number of oxime groups is 1. The number of nitrogens with zero attached hydrogens (tertiary/aromatic N) is 2. The van der Waals surface area contributed by atoms with E-state index in [1.54, 1.807) is 6.07 Å². The molecule has 1 saturated heterocycles. The van der Waals surface area contributed by atoms with E-state index in [-0.39, 0.29) is 11.9 Å². The zero-order valence-electron chi connectivity index (χ0n) is 11.9. The van der Waals surface area contributed by atoms with Crippen molar-refractivity contribution in [2.24, 2.45) is 10.9 Å². The highest BCUT2D eigenvalue weighted by Crippen LogP contribution is 2.23. The smallest absolute Gasteiger partial charge is 0.175 e. The Bertz CT molecular complexity index is 497. The second-order valence-electron chi connectivity index (χ2n) is 5.01. The van der Waals surface area contributed by atoms with E-state index in [0.717, 1.165) is 31.6 Å². The molecule has 1 aliphatic heterocycles. The van der Waals surface area contributed by atoms with Gasteiger partial charge in [-0.25, -0.2) is 0 Å². The summed E-state index contributed by atoms with van der Waals surface area (Å²) in [5.74, 6) is 0.592. The molecule has 110 valence electrons. The molecule has 6 heteroatoms. The van der Waals surface area contributed by atoms with Crippen LogP contribution in [0.3, 0.4) is 0 Å². The molecule has 1 aromatic heterocycles. The van der Waals surface area contributed by atoms with Crippen LogP contribution in [-0.4, -0.2) is 35.3 Å². The van der Waals surface area contributed by atoms with Gasteiger partial charge in [0.2, 0.25) is 0 Å². The molecule has 2 rings (SSSR count). The molecule has 0 spiro atoms. The summed E-state index contributed by atoms with van der Waals surface area (Å²) in [4.78, 5) is 4.31. The SMILES string of the molecule is Cc1cc(OCC2CCCCO2)c(/C(N)=N/O)c(C)n1. The molecule has 20 heavy (non-hydrogen) atoms. The molecule has 3 N–H and O–H groups in total. The molecule has 6 nitrogen and oxygen atoms in total. The molecule has 1 aliphatic rings. The van der Waals surface area contributed by atoms with E-state index < -0.39 is 0 Å². The Labute approximate surface area is 118 Å². The van der Waals surface area contributed by atoms with E-state index in [1.165, 1.54) is 0 Å². The molecule has 1 atom stereocenters. The first-order chi connectivity index (χ1) is 9.61. The van der Waals surface area contributed by atoms with Crippen molar-refractivity contribution >= 4 is 5.84 Å². The fraction of sp³-hybridized carbons (Fsp3) is 0.571. The maximum atomic E-state index is 8.88. The zero-order valence-corrected chi connectivity index (χ0v) is 11.9. The molecule has 1 aromatic rings. The second-order valence-corrected chi connectivity index (χ2v) is 5.01. The topological polar surface area (TPSA) is 90.0 Å². The van der Waals surface area contributed by atoms with E-state index in [1.807, 2.05) is 13.8 Å². The largest absolute Gasteiger partial charge is 0.490 e. The van der Waals surface area contributed by atoms with Gasteiger partial charge in [0.25, 0.3) is 0 Å². The lowest BCUT2D eigenvalue weighted by Crippen LogP contribution is -2.27. The van der Waals surface area contributed by atoms with Crippen molar-refractivity contribution in [1.82, 2.24) is 4.98 Å². The van der Waals surface area contributed by atoms with Gasteiger partial charge >= 0.3 is 0 Å². The van der Waals surface area contributed by atoms with Crippen LogP contribution < -0.4 is 10.5 Å². The molecule has 0 amide bonds. The fourth-order valence-electron chi connectivity index (χ4n) is 2.39. The highest BCUT2D eigenvalue weighted by molar-refractivity contribution is 6.00. The van der Waals surface area contributed by atoms with E-state index >= 15 is 0 Å². The van der Waals surface area contributed by atoms with Crippen LogP contribution in [0.1, 0.15) is 36.2 Å². The highest BCUT2D eigenvalue weighted by Gasteiger charge is 2.18. The van der Waals surface area contributed by atoms with Crippen LogP contribution >= 0.6 is 0 Å². The lowest BCUT2D eigenvalue weighted by Gasteiger charge is -2.23. The van der Waals surface area contributed by atoms with Gasteiger partial charge in [-0.3, -0.25) is 4.98 Å². The molecule has 1 fully saturated rings. The Balaban J connectivity index is 2.16. The molecule has 1 unspecified atom stereocenters. The van der Waals surface area contributed by atoms with Crippen molar-refractivity contribution in [2.45, 2.75) is 39.2 Å². The fourth-order valence-corrected chi connectivity index (χ4v) is 2.39. The summed E-state index contributed by atoms with van der Waals surface area (Å²) >= 11 is 0. The van der Waals surface area contributed by atoms with Crippen LogP contribution in [0.2, 0.25) is 0 Å². The number of hydrogen-bond acceptors (Lipinski definition) is 5. The van der Waals surface area contributed by atoms with Crippen molar-refractivity contribution < 1.29 is 14.7 Å². The number of pyridine rings is 1. The molecule has 0 bridgehead atoms. The molecular formula is C14H21N3O3. The van der Waals surface area contributed by atoms with Crippen molar-refractivity contribution in [3.05, 3.63) is 23.0 Å². The number of amidine groups is 1. The molecule has 0 saturated carbocycles. The standard InChI is InChI=1S/C14H21N3O3/c1-9-7-12(13(10(2)16-9)14(15)17-18)20-8-11-5-3-4-6-19-11/h7,11,18H,3-6,8H2,1-2H3,(H2,15,17). The number of hydrogen-bond donors (Lipinski definition) is 2. The average Bonchev–Trinajstić information content (AvgIpc) is 2.45. The minimum Gasteiger partial charge on any atom is -0.490 e. The van der Waals surface area contributed by atoms with Gasteiger partial charge in [0.1, 0.15) is 12.4 Å². The number of aryl methyl sites for hydroxylation is 2. The third-order valence-electron chi connectivity index (χ3n) is 3.35. The van der Waals surface area contributed by atoms with Crippen molar-refractivity contribution in [3.63, 3.8) is 0 Å². The van der Waals surface area contributed by atoms with Crippen molar-refractivity contribution in [1.29, 1.82) is 0 Å². The summed E-state index contributed by atoms with van der Waals surface area (Å²) in [6, 6.07) is 1.79. The third kappa shape index (κ3) is 3.39. The van der Waals surface area contributed by atoms with Gasteiger partial charge in [-0.15, -0.1) is 0 Å². The Morgan fingerprint density at radius 3 is 3.00 bits per heavy atom. The minimum atomic E-state index is 0.00885. The Kier molecular flexibility index (Phi) is 4.79. The Morgan fingerprint density at radius 2 is 2.35 bits per heavy atom. The molecule has 0 radical (unpaired) electrons. The normalized spacial score (nSPS) is 19.9. The summed E-state index contributed by atoms with van der Waals surface area (Å²) in [7, 11) is 0. The Morgan fingerprint density at radius 1 is 1.55 bits per heavy atom. The predicted molar refractivity (Wildman–Crippen MR) is 75.3 cm³/mol. The first-order valence-electron chi connectivity index (χ1n) is 6.82. The number of rotatable bonds is 4. The van der Waals surface area contributed by atoms with Crippen LogP contribution in [0.4, 0.5) is 0 Å². The maximum absolute atomic E-state index is 8.88. The van der Waals surface area contributed by atoms with Gasteiger partial charge in [0.15, 0.2) is 5.84 Å². The van der Waals surface area contributed by atoms with E-state index in [4.69, 9.17) is 20.4 Å². The molecular weight excluding hydrogens is 258 g/mol. The lowest BCUT2D eigenvalue weighted by atomic mass is 10.1. The quantitative estimate of drug-likeness (QED) is 0.379. The van der Waals surface area contributed by atoms with Gasteiger partial charge < -0.3 is 20.4 Å². The van der Waals surface area contributed by atoms with E-state index in [0.29, 0.717) is 23.6 Å². The summed E-state index contributed by atoms with van der Waals surface area (Å²) in [5, 5.41) is 11.9. The maximum Gasteiger partial charge on any atom is 0.175 e. The monoisotopic (exact) mass is 279 g/mol. The first-order valence-corrected chi connectivity index (χ1v) is 6.82. The first kappa shape index (κ1) is 14.6. The average molecular weight is 279 g/mol. The van der Waals surface area contributed by atoms with Crippen LogP contribution in [0.15, 0.2) is 11.2 Å². The van der Waals surface area contributed by atoms with Gasteiger partial charge in [0.05, 0.1) is 17.4 Å². The lowest BCUT2D eigenvalue weighted by molar-refractivity contribution is -0.0111. The zero-order chi connectivity index (χ0) is 14.5. The second kappa shape index (κ2) is 6.56. The van der Waals surface area contributed by atoms with Gasteiger partial charge in [-0.05, 0) is 33.1 Å². The van der Waals surface area contributed by atoms with Crippen molar-refractivity contribution in [3.8, 4) is 5.75 Å². The summed E-state index contributed by atoms with van der Waals surface area (Å²) in [6.07, 6.45) is 3.38. The molecule has 0 aliphatic carbocycles. The van der Waals surface area contributed by atoms with E-state index in [9.17, 15) is 0 Å². The van der Waals surface area contributed by atoms with Gasteiger partial charge in [-0.2, -0.15) is 0 Å². The number of aromatic nitrogens is 1. The van der Waals surface area contributed by atoms with Gasteiger partial charge in [-0.1, -0.05) is 5.16 Å². The van der Waals surface area contributed by atoms with Crippen LogP contribution in [0, 0.1) is 13.8 Å². The van der Waals surface area contributed by atoms with E-state index in [2.05, 4.69) is 10.1 Å². The minimum absolute atomic E-state index is 0.00885. The predicted octanol–water partition coefficient (Wildman–Crippen LogP) is 1.74. The summed E-state index contributed by atoms with van der Waals surface area (Å²) in [6.45, 7) is 4.95. The molecule has 2 heterocycles. The van der Waals surface area contributed by atoms with Crippen LogP contribution in [0.5, 0.6) is 5.75 Å². The summed E-state index contributed by atoms with van der Waals surface area (Å²) in [5.41, 5.74) is 7.75.